The number of aliphatic carboxylic acids is 2. The third kappa shape index (κ3) is 3.34. The largest absolute Gasteiger partial charge is 0.481 e. The van der Waals surface area contributed by atoms with Crippen LogP contribution in [0.15, 0.2) is 48.5 Å². The van der Waals surface area contributed by atoms with Crippen LogP contribution >= 0.6 is 0 Å². The van der Waals surface area contributed by atoms with Gasteiger partial charge in [-0.1, -0.05) is 59.7 Å². The monoisotopic (exact) mass is 298 g/mol. The van der Waals surface area contributed by atoms with Crippen molar-refractivity contribution < 1.29 is 19.8 Å². The average Bonchev–Trinajstić information content (AvgIpc) is 2.46. The first-order valence-electron chi connectivity index (χ1n) is 6.99. The molecule has 0 aliphatic rings. The van der Waals surface area contributed by atoms with E-state index in [1.54, 1.807) is 48.5 Å². The van der Waals surface area contributed by atoms with Crippen molar-refractivity contribution in [2.24, 2.45) is 0 Å². The zero-order valence-corrected chi connectivity index (χ0v) is 12.5. The van der Waals surface area contributed by atoms with Gasteiger partial charge in [0, 0.05) is 0 Å². The minimum Gasteiger partial charge on any atom is -0.481 e. The maximum Gasteiger partial charge on any atom is 0.312 e. The maximum absolute atomic E-state index is 11.7. The number of carboxylic acid groups (broad SMARTS) is 2. The molecule has 2 rings (SSSR count). The zero-order chi connectivity index (χ0) is 16.3. The lowest BCUT2D eigenvalue weighted by Crippen LogP contribution is -2.26. The Morgan fingerprint density at radius 2 is 0.955 bits per heavy atom. The molecule has 22 heavy (non-hydrogen) atoms. The van der Waals surface area contributed by atoms with Crippen molar-refractivity contribution in [2.75, 3.05) is 0 Å². The predicted molar refractivity (Wildman–Crippen MR) is 83.1 cm³/mol. The van der Waals surface area contributed by atoms with E-state index in [4.69, 9.17) is 0 Å². The highest BCUT2D eigenvalue weighted by Gasteiger charge is 2.36. The van der Waals surface area contributed by atoms with Crippen LogP contribution in [-0.2, 0) is 9.59 Å². The van der Waals surface area contributed by atoms with Gasteiger partial charge in [0.15, 0.2) is 0 Å². The van der Waals surface area contributed by atoms with Gasteiger partial charge in [-0.05, 0) is 25.0 Å². The Morgan fingerprint density at radius 1 is 0.682 bits per heavy atom. The highest BCUT2D eigenvalue weighted by molar-refractivity contribution is 5.88. The normalized spacial score (nSPS) is 13.4. The first kappa shape index (κ1) is 15.8. The van der Waals surface area contributed by atoms with Gasteiger partial charge >= 0.3 is 11.9 Å². The third-order valence-corrected chi connectivity index (χ3v) is 3.74. The highest BCUT2D eigenvalue weighted by atomic mass is 16.4. The Kier molecular flexibility index (Phi) is 4.61. The van der Waals surface area contributed by atoms with E-state index in [0.717, 1.165) is 11.1 Å². The van der Waals surface area contributed by atoms with Crippen LogP contribution in [0.5, 0.6) is 0 Å². The molecule has 4 nitrogen and oxygen atoms in total. The van der Waals surface area contributed by atoms with Crippen LogP contribution in [0.3, 0.4) is 0 Å². The first-order valence-corrected chi connectivity index (χ1v) is 6.99. The Hall–Kier alpha value is -2.62. The fraction of sp³-hybridized carbons (Fsp3) is 0.222. The van der Waals surface area contributed by atoms with Gasteiger partial charge in [-0.2, -0.15) is 0 Å². The molecule has 2 aromatic carbocycles. The van der Waals surface area contributed by atoms with Gasteiger partial charge in [-0.25, -0.2) is 0 Å². The second-order valence-corrected chi connectivity index (χ2v) is 5.45. The SMILES string of the molecule is Cc1ccc(C(C(=O)O)C(C(=O)O)c2ccc(C)cc2)cc1. The molecule has 4 heteroatoms. The quantitative estimate of drug-likeness (QED) is 0.887. The fourth-order valence-electron chi connectivity index (χ4n) is 2.50. The smallest absolute Gasteiger partial charge is 0.312 e. The Balaban J connectivity index is 2.51. The minimum atomic E-state index is -1.14. The van der Waals surface area contributed by atoms with E-state index in [-0.39, 0.29) is 0 Å². The molecule has 0 aromatic heterocycles. The summed E-state index contributed by atoms with van der Waals surface area (Å²) in [5.41, 5.74) is 2.97. The molecule has 0 amide bonds. The first-order chi connectivity index (χ1) is 10.4. The van der Waals surface area contributed by atoms with Gasteiger partial charge < -0.3 is 10.2 Å². The summed E-state index contributed by atoms with van der Waals surface area (Å²) in [4.78, 5) is 23.4. The molecule has 0 saturated heterocycles. The van der Waals surface area contributed by atoms with Crippen molar-refractivity contribution in [1.82, 2.24) is 0 Å². The van der Waals surface area contributed by atoms with Crippen LogP contribution in [0.2, 0.25) is 0 Å². The summed E-state index contributed by atoms with van der Waals surface area (Å²) in [6, 6.07) is 13.9. The molecule has 0 heterocycles. The number of carbonyl (C=O) groups is 2. The number of rotatable bonds is 5. The van der Waals surface area contributed by atoms with Crippen molar-refractivity contribution >= 4 is 11.9 Å². The summed E-state index contributed by atoms with van der Waals surface area (Å²) in [5.74, 6) is -4.53. The van der Waals surface area contributed by atoms with Gasteiger partial charge in [-0.3, -0.25) is 9.59 Å². The van der Waals surface area contributed by atoms with E-state index in [9.17, 15) is 19.8 Å². The lowest BCUT2D eigenvalue weighted by molar-refractivity contribution is -0.147. The number of aryl methyl sites for hydroxylation is 2. The van der Waals surface area contributed by atoms with Crippen molar-refractivity contribution in [2.45, 2.75) is 25.7 Å². The van der Waals surface area contributed by atoms with Gasteiger partial charge in [-0.15, -0.1) is 0 Å². The van der Waals surface area contributed by atoms with E-state index < -0.39 is 23.8 Å². The second-order valence-electron chi connectivity index (χ2n) is 5.45. The number of benzene rings is 2. The molecule has 2 atom stereocenters. The maximum atomic E-state index is 11.7. The van der Waals surface area contributed by atoms with Crippen LogP contribution in [0.1, 0.15) is 34.1 Å². The van der Waals surface area contributed by atoms with Crippen LogP contribution in [0, 0.1) is 13.8 Å². The summed E-state index contributed by atoms with van der Waals surface area (Å²) < 4.78 is 0. The van der Waals surface area contributed by atoms with E-state index >= 15 is 0 Å². The van der Waals surface area contributed by atoms with Gasteiger partial charge in [0.1, 0.15) is 0 Å². The van der Waals surface area contributed by atoms with Crippen molar-refractivity contribution in [3.63, 3.8) is 0 Å². The summed E-state index contributed by atoms with van der Waals surface area (Å²) in [7, 11) is 0. The molecule has 2 unspecified atom stereocenters. The molecule has 0 aliphatic carbocycles. The number of hydrogen-bond donors (Lipinski definition) is 2. The summed E-state index contributed by atoms with van der Waals surface area (Å²) >= 11 is 0. The molecule has 0 aliphatic heterocycles. The van der Waals surface area contributed by atoms with Crippen LogP contribution in [0.4, 0.5) is 0 Å². The molecule has 0 spiro atoms. The topological polar surface area (TPSA) is 74.6 Å². The number of carboxylic acids is 2. The van der Waals surface area contributed by atoms with Gasteiger partial charge in [0.05, 0.1) is 11.8 Å². The molecule has 0 bridgehead atoms. The molecular formula is C18H18O4. The Bertz CT molecular complexity index is 610. The lowest BCUT2D eigenvalue weighted by atomic mass is 9.81. The van der Waals surface area contributed by atoms with Crippen LogP contribution in [-0.4, -0.2) is 22.2 Å². The molecule has 0 fully saturated rings. The Labute approximate surface area is 129 Å². The van der Waals surface area contributed by atoms with E-state index in [0.29, 0.717) is 11.1 Å². The molecule has 2 aromatic rings. The van der Waals surface area contributed by atoms with E-state index in [1.807, 2.05) is 13.8 Å². The third-order valence-electron chi connectivity index (χ3n) is 3.74. The van der Waals surface area contributed by atoms with E-state index in [1.165, 1.54) is 0 Å². The standard InChI is InChI=1S/C18H18O4/c1-11-3-7-13(8-4-11)15(17(19)20)16(18(21)22)14-9-5-12(2)6-10-14/h3-10,15-16H,1-2H3,(H,19,20)(H,21,22). The van der Waals surface area contributed by atoms with Gasteiger partial charge in [0.2, 0.25) is 0 Å². The van der Waals surface area contributed by atoms with Gasteiger partial charge in [0.25, 0.3) is 0 Å². The van der Waals surface area contributed by atoms with Crippen molar-refractivity contribution in [1.29, 1.82) is 0 Å². The lowest BCUT2D eigenvalue weighted by Gasteiger charge is -2.21. The van der Waals surface area contributed by atoms with Crippen LogP contribution in [0.25, 0.3) is 0 Å². The predicted octanol–water partition coefficient (Wildman–Crippen LogP) is 3.34. The zero-order valence-electron chi connectivity index (χ0n) is 12.5. The summed E-state index contributed by atoms with van der Waals surface area (Å²) in [6.45, 7) is 3.79. The second kappa shape index (κ2) is 6.43. The molecule has 114 valence electrons. The Morgan fingerprint density at radius 3 is 1.18 bits per heavy atom. The molecule has 2 N–H and O–H groups in total. The fourth-order valence-corrected chi connectivity index (χ4v) is 2.50. The molecule has 0 radical (unpaired) electrons. The van der Waals surface area contributed by atoms with E-state index in [2.05, 4.69) is 0 Å². The highest BCUT2D eigenvalue weighted by Crippen LogP contribution is 2.34. The minimum absolute atomic E-state index is 0.492. The summed E-state index contributed by atoms with van der Waals surface area (Å²) in [5, 5.41) is 19.1. The van der Waals surface area contributed by atoms with Crippen molar-refractivity contribution in [3.05, 3.63) is 70.8 Å². The molecular weight excluding hydrogens is 280 g/mol. The van der Waals surface area contributed by atoms with Crippen molar-refractivity contribution in [3.8, 4) is 0 Å². The average molecular weight is 298 g/mol. The molecule has 0 saturated carbocycles. The summed E-state index contributed by atoms with van der Waals surface area (Å²) in [6.07, 6.45) is 0. The number of hydrogen-bond acceptors (Lipinski definition) is 2. The van der Waals surface area contributed by atoms with Crippen LogP contribution < -0.4 is 0 Å².